The highest BCUT2D eigenvalue weighted by Crippen LogP contribution is 2.11. The van der Waals surface area contributed by atoms with E-state index in [4.69, 9.17) is 0 Å². The van der Waals surface area contributed by atoms with Gasteiger partial charge in [0.25, 0.3) is 0 Å². The van der Waals surface area contributed by atoms with Crippen LogP contribution in [0.2, 0.25) is 0 Å². The molecule has 123 valence electrons. The van der Waals surface area contributed by atoms with Crippen molar-refractivity contribution in [2.24, 2.45) is 0 Å². The molecule has 1 aromatic carbocycles. The molecule has 7 heteroatoms. The standard InChI is InChI=1S/C15H24N3O3S/c1-4-5-7-12(2)17-15(19)16-11-13-8-6-9-14(10-13)18-22(3,20)21/h6,8-10,12,18H,2,4-5,7,11H2,1,3H3,(H2,16,17,19)/t12-/m0/s1. The quantitative estimate of drug-likeness (QED) is 0.685. The Morgan fingerprint density at radius 3 is 2.73 bits per heavy atom. The van der Waals surface area contributed by atoms with E-state index in [1.165, 1.54) is 0 Å². The van der Waals surface area contributed by atoms with E-state index < -0.39 is 10.0 Å². The highest BCUT2D eigenvalue weighted by atomic mass is 32.2. The van der Waals surface area contributed by atoms with E-state index in [0.717, 1.165) is 31.1 Å². The zero-order valence-electron chi connectivity index (χ0n) is 13.1. The van der Waals surface area contributed by atoms with E-state index in [9.17, 15) is 13.2 Å². The van der Waals surface area contributed by atoms with Crippen LogP contribution < -0.4 is 15.4 Å². The summed E-state index contributed by atoms with van der Waals surface area (Å²) in [6.07, 6.45) is 4.02. The second-order valence-electron chi connectivity index (χ2n) is 5.24. The fourth-order valence-electron chi connectivity index (χ4n) is 1.90. The molecule has 22 heavy (non-hydrogen) atoms. The predicted octanol–water partition coefficient (Wildman–Crippen LogP) is 2.25. The Balaban J connectivity index is 2.47. The zero-order chi connectivity index (χ0) is 16.6. The number of amides is 2. The summed E-state index contributed by atoms with van der Waals surface area (Å²) in [5.41, 5.74) is 1.28. The molecular formula is C15H24N3O3S. The Morgan fingerprint density at radius 2 is 2.09 bits per heavy atom. The van der Waals surface area contributed by atoms with Gasteiger partial charge in [0.2, 0.25) is 10.0 Å². The van der Waals surface area contributed by atoms with Gasteiger partial charge in [-0.25, -0.2) is 13.2 Å². The molecule has 3 N–H and O–H groups in total. The number of urea groups is 1. The molecule has 0 aliphatic carbocycles. The molecule has 0 unspecified atom stereocenters. The van der Waals surface area contributed by atoms with E-state index in [0.29, 0.717) is 12.2 Å². The second-order valence-corrected chi connectivity index (χ2v) is 6.99. The van der Waals surface area contributed by atoms with Crippen LogP contribution in [0.1, 0.15) is 31.7 Å². The Bertz CT molecular complexity index is 587. The number of rotatable bonds is 8. The third-order valence-corrected chi connectivity index (χ3v) is 3.53. The molecule has 0 heterocycles. The van der Waals surface area contributed by atoms with Crippen molar-refractivity contribution in [3.8, 4) is 0 Å². The van der Waals surface area contributed by atoms with Crippen molar-refractivity contribution in [3.63, 3.8) is 0 Å². The first-order chi connectivity index (χ1) is 10.3. The van der Waals surface area contributed by atoms with Crippen LogP contribution in [0, 0.1) is 6.92 Å². The lowest BCUT2D eigenvalue weighted by atomic mass is 10.1. The van der Waals surface area contributed by atoms with Gasteiger partial charge in [-0.05, 0) is 31.0 Å². The summed E-state index contributed by atoms with van der Waals surface area (Å²) < 4.78 is 24.8. The summed E-state index contributed by atoms with van der Waals surface area (Å²) in [7, 11) is -3.31. The van der Waals surface area contributed by atoms with Gasteiger partial charge in [0.1, 0.15) is 0 Å². The monoisotopic (exact) mass is 326 g/mol. The lowest BCUT2D eigenvalue weighted by Crippen LogP contribution is -2.40. The number of carbonyl (C=O) groups excluding carboxylic acids is 1. The average molecular weight is 326 g/mol. The van der Waals surface area contributed by atoms with Gasteiger partial charge in [-0.15, -0.1) is 0 Å². The fraction of sp³-hybridized carbons (Fsp3) is 0.467. The molecule has 2 amide bonds. The van der Waals surface area contributed by atoms with Crippen LogP contribution in [0.5, 0.6) is 0 Å². The third-order valence-electron chi connectivity index (χ3n) is 2.92. The third kappa shape index (κ3) is 7.87. The first-order valence-corrected chi connectivity index (χ1v) is 9.13. The van der Waals surface area contributed by atoms with Gasteiger partial charge < -0.3 is 10.6 Å². The summed E-state index contributed by atoms with van der Waals surface area (Å²) in [5.74, 6) is 0. The normalized spacial score (nSPS) is 12.5. The first-order valence-electron chi connectivity index (χ1n) is 7.24. The van der Waals surface area contributed by atoms with E-state index in [1.54, 1.807) is 18.2 Å². The van der Waals surface area contributed by atoms with Crippen LogP contribution >= 0.6 is 0 Å². The lowest BCUT2D eigenvalue weighted by molar-refractivity contribution is 0.237. The smallest absolute Gasteiger partial charge is 0.315 e. The van der Waals surface area contributed by atoms with Crippen molar-refractivity contribution >= 4 is 21.7 Å². The minimum atomic E-state index is -3.31. The summed E-state index contributed by atoms with van der Waals surface area (Å²) in [4.78, 5) is 11.7. The number of hydrogen-bond donors (Lipinski definition) is 3. The van der Waals surface area contributed by atoms with Crippen LogP contribution in [0.4, 0.5) is 10.5 Å². The van der Waals surface area contributed by atoms with Crippen molar-refractivity contribution in [3.05, 3.63) is 36.8 Å². The highest BCUT2D eigenvalue weighted by molar-refractivity contribution is 7.92. The highest BCUT2D eigenvalue weighted by Gasteiger charge is 2.07. The molecule has 0 saturated carbocycles. The number of hydrogen-bond acceptors (Lipinski definition) is 3. The molecule has 1 aromatic rings. The Labute approximate surface area is 132 Å². The van der Waals surface area contributed by atoms with E-state index in [1.807, 2.05) is 6.07 Å². The summed E-state index contributed by atoms with van der Waals surface area (Å²) in [5, 5.41) is 5.49. The maximum atomic E-state index is 11.7. The molecule has 0 fully saturated rings. The van der Waals surface area contributed by atoms with Gasteiger partial charge >= 0.3 is 6.03 Å². The van der Waals surface area contributed by atoms with E-state index >= 15 is 0 Å². The molecule has 0 aliphatic rings. The number of benzene rings is 1. The number of sulfonamides is 1. The summed E-state index contributed by atoms with van der Waals surface area (Å²) in [6.45, 7) is 6.28. The van der Waals surface area contributed by atoms with Gasteiger partial charge in [0.15, 0.2) is 0 Å². The van der Waals surface area contributed by atoms with Gasteiger partial charge in [0.05, 0.1) is 6.26 Å². The van der Waals surface area contributed by atoms with Crippen molar-refractivity contribution in [1.29, 1.82) is 0 Å². The second kappa shape index (κ2) is 8.63. The van der Waals surface area contributed by atoms with Gasteiger partial charge in [-0.1, -0.05) is 31.9 Å². The van der Waals surface area contributed by atoms with Crippen molar-refractivity contribution in [2.45, 2.75) is 38.8 Å². The molecule has 0 aromatic heterocycles. The average Bonchev–Trinajstić information content (AvgIpc) is 2.41. The number of carbonyl (C=O) groups is 1. The molecule has 1 rings (SSSR count). The van der Waals surface area contributed by atoms with Crippen LogP contribution in [0.3, 0.4) is 0 Å². The van der Waals surface area contributed by atoms with Gasteiger partial charge in [0, 0.05) is 18.3 Å². The molecule has 1 radical (unpaired) electrons. The first kappa shape index (κ1) is 18.3. The number of nitrogens with one attached hydrogen (secondary N) is 3. The minimum absolute atomic E-state index is 0.113. The minimum Gasteiger partial charge on any atom is -0.335 e. The SMILES string of the molecule is [CH2][C@@H](CCCC)NC(=O)NCc1cccc(NS(C)(=O)=O)c1. The van der Waals surface area contributed by atoms with Crippen molar-refractivity contribution < 1.29 is 13.2 Å². The molecule has 1 atom stereocenters. The predicted molar refractivity (Wildman–Crippen MR) is 88.9 cm³/mol. The topological polar surface area (TPSA) is 87.3 Å². The Hall–Kier alpha value is -1.76. The lowest BCUT2D eigenvalue weighted by Gasteiger charge is -2.14. The summed E-state index contributed by atoms with van der Waals surface area (Å²) >= 11 is 0. The Kier molecular flexibility index (Phi) is 7.17. The van der Waals surface area contributed by atoms with Crippen LogP contribution in [-0.2, 0) is 16.6 Å². The Morgan fingerprint density at radius 1 is 1.36 bits per heavy atom. The van der Waals surface area contributed by atoms with Gasteiger partial charge in [-0.2, -0.15) is 0 Å². The molecule has 0 spiro atoms. The fourth-order valence-corrected chi connectivity index (χ4v) is 2.46. The van der Waals surface area contributed by atoms with Crippen LogP contribution in [0.25, 0.3) is 0 Å². The molecule has 0 aliphatic heterocycles. The molecule has 0 saturated heterocycles. The van der Waals surface area contributed by atoms with Gasteiger partial charge in [-0.3, -0.25) is 4.72 Å². The maximum Gasteiger partial charge on any atom is 0.315 e. The van der Waals surface area contributed by atoms with Crippen molar-refractivity contribution in [1.82, 2.24) is 10.6 Å². The zero-order valence-corrected chi connectivity index (χ0v) is 13.9. The van der Waals surface area contributed by atoms with E-state index in [-0.39, 0.29) is 12.1 Å². The van der Waals surface area contributed by atoms with Crippen molar-refractivity contribution in [2.75, 3.05) is 11.0 Å². The summed E-state index contributed by atoms with van der Waals surface area (Å²) in [6, 6.07) is 6.48. The largest absolute Gasteiger partial charge is 0.335 e. The molecule has 6 nitrogen and oxygen atoms in total. The molecular weight excluding hydrogens is 302 g/mol. The van der Waals surface area contributed by atoms with E-state index in [2.05, 4.69) is 29.2 Å². The van der Waals surface area contributed by atoms with Crippen LogP contribution in [0.15, 0.2) is 24.3 Å². The molecule has 0 bridgehead atoms. The number of anilines is 1. The maximum absolute atomic E-state index is 11.7. The van der Waals surface area contributed by atoms with Crippen LogP contribution in [-0.4, -0.2) is 26.7 Å². The number of unbranched alkanes of at least 4 members (excludes halogenated alkanes) is 1.